The van der Waals surface area contributed by atoms with Crippen LogP contribution < -0.4 is 4.74 Å². The molecule has 0 aliphatic rings. The number of fused-ring (bicyclic) bond motifs is 1. The first kappa shape index (κ1) is 14.4. The largest absolute Gasteiger partial charge is 0.478 e. The van der Waals surface area contributed by atoms with Crippen LogP contribution in [-0.4, -0.2) is 21.6 Å². The molecule has 22 heavy (non-hydrogen) atoms. The van der Waals surface area contributed by atoms with Crippen LogP contribution >= 0.6 is 0 Å². The van der Waals surface area contributed by atoms with Crippen LogP contribution in [-0.2, 0) is 6.42 Å². The lowest BCUT2D eigenvalue weighted by atomic mass is 10.1. The number of hydrogen-bond acceptors (Lipinski definition) is 4. The fraction of sp³-hybridized carbons (Fsp3) is 0.278. The first-order chi connectivity index (χ1) is 10.8. The molecular weight excluding hydrogens is 274 g/mol. The van der Waals surface area contributed by atoms with Gasteiger partial charge in [0, 0.05) is 23.3 Å². The first-order valence-corrected chi connectivity index (χ1v) is 7.66. The van der Waals surface area contributed by atoms with Gasteiger partial charge in [0.05, 0.1) is 6.61 Å². The van der Waals surface area contributed by atoms with Crippen LogP contribution in [0.1, 0.15) is 26.0 Å². The Balaban J connectivity index is 2.16. The van der Waals surface area contributed by atoms with Gasteiger partial charge in [0.2, 0.25) is 5.88 Å². The van der Waals surface area contributed by atoms with Crippen molar-refractivity contribution in [3.63, 3.8) is 0 Å². The Labute approximate surface area is 130 Å². The van der Waals surface area contributed by atoms with E-state index in [1.54, 1.807) is 6.20 Å². The topological polar surface area (TPSA) is 47.9 Å². The molecule has 1 aromatic carbocycles. The highest BCUT2D eigenvalue weighted by atomic mass is 16.5. The Bertz CT molecular complexity index is 757. The minimum absolute atomic E-state index is 0.588. The molecule has 2 aromatic heterocycles. The Kier molecular flexibility index (Phi) is 4.28. The first-order valence-electron chi connectivity index (χ1n) is 7.66. The zero-order valence-electron chi connectivity index (χ0n) is 12.9. The Morgan fingerprint density at radius 1 is 1.05 bits per heavy atom. The van der Waals surface area contributed by atoms with Crippen molar-refractivity contribution in [1.82, 2.24) is 15.0 Å². The second-order valence-corrected chi connectivity index (χ2v) is 5.08. The summed E-state index contributed by atoms with van der Waals surface area (Å²) in [5, 5.41) is 2.19. The zero-order chi connectivity index (χ0) is 15.4. The second-order valence-electron chi connectivity index (χ2n) is 5.08. The fourth-order valence-electron chi connectivity index (χ4n) is 2.48. The Morgan fingerprint density at radius 3 is 2.73 bits per heavy atom. The van der Waals surface area contributed by atoms with E-state index < -0.39 is 0 Å². The highest BCUT2D eigenvalue weighted by Crippen LogP contribution is 2.25. The summed E-state index contributed by atoms with van der Waals surface area (Å²) in [4.78, 5) is 13.7. The zero-order valence-corrected chi connectivity index (χ0v) is 12.9. The van der Waals surface area contributed by atoms with Gasteiger partial charge in [0.25, 0.3) is 0 Å². The van der Waals surface area contributed by atoms with Gasteiger partial charge in [-0.05, 0) is 24.8 Å². The van der Waals surface area contributed by atoms with Crippen molar-refractivity contribution in [3.05, 3.63) is 48.3 Å². The van der Waals surface area contributed by atoms with Crippen LogP contribution in [0.5, 0.6) is 5.88 Å². The number of ether oxygens (including phenoxy) is 1. The molecule has 0 N–H and O–H groups in total. The summed E-state index contributed by atoms with van der Waals surface area (Å²) < 4.78 is 5.59. The van der Waals surface area contributed by atoms with Gasteiger partial charge in [0.15, 0.2) is 5.82 Å². The number of aromatic nitrogens is 3. The number of pyridine rings is 1. The molecule has 4 nitrogen and oxygen atoms in total. The molecule has 0 saturated heterocycles. The number of nitrogens with zero attached hydrogens (tertiary/aromatic N) is 3. The number of benzene rings is 1. The molecule has 2 heterocycles. The van der Waals surface area contributed by atoms with Gasteiger partial charge in [0.1, 0.15) is 5.69 Å². The predicted molar refractivity (Wildman–Crippen MR) is 87.9 cm³/mol. The molecule has 0 spiro atoms. The monoisotopic (exact) mass is 293 g/mol. The van der Waals surface area contributed by atoms with Crippen LogP contribution in [0.25, 0.3) is 22.3 Å². The van der Waals surface area contributed by atoms with E-state index >= 15 is 0 Å². The average Bonchev–Trinajstić information content (AvgIpc) is 2.55. The quantitative estimate of drug-likeness (QED) is 0.712. The van der Waals surface area contributed by atoms with Crippen molar-refractivity contribution in [2.75, 3.05) is 6.61 Å². The molecule has 0 fully saturated rings. The highest BCUT2D eigenvalue weighted by Gasteiger charge is 2.11. The third-order valence-corrected chi connectivity index (χ3v) is 3.44. The van der Waals surface area contributed by atoms with Crippen LogP contribution in [0, 0.1) is 0 Å². The fourth-order valence-corrected chi connectivity index (χ4v) is 2.48. The molecule has 0 radical (unpaired) electrons. The average molecular weight is 293 g/mol. The summed E-state index contributed by atoms with van der Waals surface area (Å²) in [7, 11) is 0. The third kappa shape index (κ3) is 2.91. The molecule has 0 unspecified atom stereocenters. The van der Waals surface area contributed by atoms with E-state index in [2.05, 4.69) is 27.9 Å². The van der Waals surface area contributed by atoms with Crippen molar-refractivity contribution in [3.8, 4) is 17.4 Å². The maximum Gasteiger partial charge on any atom is 0.217 e. The standard InChI is InChI=1S/C18H19N3O/c1-3-7-14-12-16(22-4-2)21-18(20-14)17-15-9-6-5-8-13(15)10-11-19-17/h5-6,8-12H,3-4,7H2,1-2H3. The van der Waals surface area contributed by atoms with E-state index in [4.69, 9.17) is 4.74 Å². The minimum Gasteiger partial charge on any atom is -0.478 e. The minimum atomic E-state index is 0.588. The molecular formula is C18H19N3O. The summed E-state index contributed by atoms with van der Waals surface area (Å²) in [5.74, 6) is 1.25. The van der Waals surface area contributed by atoms with Crippen molar-refractivity contribution in [2.24, 2.45) is 0 Å². The lowest BCUT2D eigenvalue weighted by molar-refractivity contribution is 0.326. The SMILES string of the molecule is CCCc1cc(OCC)nc(-c2nccc3ccccc23)n1. The van der Waals surface area contributed by atoms with E-state index in [0.717, 1.165) is 35.0 Å². The second kappa shape index (κ2) is 6.52. The van der Waals surface area contributed by atoms with Crippen molar-refractivity contribution in [2.45, 2.75) is 26.7 Å². The predicted octanol–water partition coefficient (Wildman–Crippen LogP) is 4.04. The van der Waals surface area contributed by atoms with Gasteiger partial charge in [-0.1, -0.05) is 37.6 Å². The third-order valence-electron chi connectivity index (χ3n) is 3.44. The van der Waals surface area contributed by atoms with Crippen molar-refractivity contribution < 1.29 is 4.74 Å². The molecule has 0 saturated carbocycles. The molecule has 3 rings (SSSR count). The Morgan fingerprint density at radius 2 is 1.91 bits per heavy atom. The normalized spacial score (nSPS) is 10.8. The number of rotatable bonds is 5. The number of hydrogen-bond donors (Lipinski definition) is 0. The molecule has 0 amide bonds. The summed E-state index contributed by atoms with van der Waals surface area (Å²) in [6, 6.07) is 12.1. The van der Waals surface area contributed by atoms with E-state index in [1.165, 1.54) is 0 Å². The van der Waals surface area contributed by atoms with Gasteiger partial charge in [-0.2, -0.15) is 4.98 Å². The van der Waals surface area contributed by atoms with E-state index in [0.29, 0.717) is 18.3 Å². The maximum atomic E-state index is 5.59. The van der Waals surface area contributed by atoms with Crippen molar-refractivity contribution in [1.29, 1.82) is 0 Å². The summed E-state index contributed by atoms with van der Waals surface area (Å²) in [6.07, 6.45) is 3.74. The highest BCUT2D eigenvalue weighted by molar-refractivity contribution is 5.92. The maximum absolute atomic E-state index is 5.59. The molecule has 0 aliphatic heterocycles. The molecule has 112 valence electrons. The summed E-state index contributed by atoms with van der Waals surface area (Å²) in [6.45, 7) is 4.68. The molecule has 3 aromatic rings. The van der Waals surface area contributed by atoms with E-state index in [9.17, 15) is 0 Å². The van der Waals surface area contributed by atoms with Gasteiger partial charge in [-0.15, -0.1) is 0 Å². The summed E-state index contributed by atoms with van der Waals surface area (Å²) in [5.41, 5.74) is 1.79. The molecule has 0 atom stereocenters. The van der Waals surface area contributed by atoms with Crippen LogP contribution in [0.4, 0.5) is 0 Å². The molecule has 0 aliphatic carbocycles. The van der Waals surface area contributed by atoms with Crippen molar-refractivity contribution >= 4 is 10.8 Å². The van der Waals surface area contributed by atoms with Gasteiger partial charge in [-0.3, -0.25) is 4.98 Å². The van der Waals surface area contributed by atoms with Gasteiger partial charge >= 0.3 is 0 Å². The number of aryl methyl sites for hydroxylation is 1. The van der Waals surface area contributed by atoms with Gasteiger partial charge < -0.3 is 4.74 Å². The van der Waals surface area contributed by atoms with Gasteiger partial charge in [-0.25, -0.2) is 4.98 Å². The summed E-state index contributed by atoms with van der Waals surface area (Å²) >= 11 is 0. The van der Waals surface area contributed by atoms with Crippen LogP contribution in [0.3, 0.4) is 0 Å². The van der Waals surface area contributed by atoms with Crippen LogP contribution in [0.2, 0.25) is 0 Å². The van der Waals surface area contributed by atoms with E-state index in [-0.39, 0.29) is 0 Å². The van der Waals surface area contributed by atoms with E-state index in [1.807, 2.05) is 37.3 Å². The lowest BCUT2D eigenvalue weighted by Crippen LogP contribution is -2.02. The van der Waals surface area contributed by atoms with Crippen LogP contribution in [0.15, 0.2) is 42.6 Å². The Hall–Kier alpha value is -2.49. The lowest BCUT2D eigenvalue weighted by Gasteiger charge is -2.09. The smallest absolute Gasteiger partial charge is 0.217 e. The molecule has 4 heteroatoms. The molecule has 0 bridgehead atoms.